The number of ether oxygens (including phenoxy) is 1. The average Bonchev–Trinajstić information content (AvgIpc) is 3.72. The second kappa shape index (κ2) is 10.3. The number of rotatable bonds is 7. The molecule has 2 amide bonds. The average molecular weight is 537 g/mol. The molecule has 5 rings (SSSR count). The van der Waals surface area contributed by atoms with Gasteiger partial charge in [-0.15, -0.1) is 0 Å². The minimum absolute atomic E-state index is 0.0181. The number of anilines is 2. The summed E-state index contributed by atoms with van der Waals surface area (Å²) in [5, 5.41) is 5.60. The maximum absolute atomic E-state index is 13.8. The van der Waals surface area contributed by atoms with E-state index in [1.807, 2.05) is 32.0 Å². The van der Waals surface area contributed by atoms with E-state index in [1.54, 1.807) is 12.1 Å². The second-order valence-corrected chi connectivity index (χ2v) is 12.3. The van der Waals surface area contributed by atoms with Gasteiger partial charge in [0.2, 0.25) is 0 Å². The van der Waals surface area contributed by atoms with E-state index in [0.29, 0.717) is 55.6 Å². The lowest BCUT2D eigenvalue weighted by atomic mass is 10.1. The quantitative estimate of drug-likeness (QED) is 0.468. The van der Waals surface area contributed by atoms with Crippen molar-refractivity contribution in [2.75, 3.05) is 30.0 Å². The molecule has 38 heavy (non-hydrogen) atoms. The van der Waals surface area contributed by atoms with Crippen molar-refractivity contribution in [1.29, 1.82) is 0 Å². The molecular formula is C27H32N6O4S. The van der Waals surface area contributed by atoms with Gasteiger partial charge < -0.3 is 20.3 Å². The van der Waals surface area contributed by atoms with Crippen molar-refractivity contribution in [3.05, 3.63) is 60.6 Å². The monoisotopic (exact) mass is 536 g/mol. The largest absolute Gasteiger partial charge is 0.377 e. The van der Waals surface area contributed by atoms with Gasteiger partial charge >= 0.3 is 6.03 Å². The number of benzene rings is 1. The number of carbonyl (C=O) groups excluding carboxylic acids is 1. The van der Waals surface area contributed by atoms with Gasteiger partial charge in [-0.1, -0.05) is 0 Å². The minimum atomic E-state index is -3.70. The first-order valence-corrected chi connectivity index (χ1v) is 14.2. The normalized spacial score (nSPS) is 18.7. The van der Waals surface area contributed by atoms with Gasteiger partial charge in [0.1, 0.15) is 10.6 Å². The van der Waals surface area contributed by atoms with Crippen molar-refractivity contribution < 1.29 is 17.9 Å². The van der Waals surface area contributed by atoms with E-state index in [1.165, 1.54) is 24.5 Å². The van der Waals surface area contributed by atoms with Crippen LogP contribution in [0.5, 0.6) is 0 Å². The van der Waals surface area contributed by atoms with Gasteiger partial charge in [0, 0.05) is 42.3 Å². The van der Waals surface area contributed by atoms with Crippen LogP contribution in [0.4, 0.5) is 16.3 Å². The molecule has 3 heterocycles. The van der Waals surface area contributed by atoms with E-state index in [4.69, 9.17) is 14.7 Å². The highest BCUT2D eigenvalue weighted by Crippen LogP contribution is 2.55. The zero-order chi connectivity index (χ0) is 26.9. The maximum atomic E-state index is 13.8. The summed E-state index contributed by atoms with van der Waals surface area (Å²) in [6.45, 7) is 7.62. The van der Waals surface area contributed by atoms with Crippen LogP contribution in [-0.2, 0) is 19.3 Å². The molecule has 0 bridgehead atoms. The third kappa shape index (κ3) is 5.08. The molecule has 1 saturated carbocycles. The van der Waals surface area contributed by atoms with Crippen LogP contribution < -0.4 is 15.5 Å². The number of nitrogens with one attached hydrogen (secondary N) is 2. The number of aromatic nitrogens is 3. The number of morpholine rings is 1. The molecule has 10 nitrogen and oxygen atoms in total. The lowest BCUT2D eigenvalue weighted by Crippen LogP contribution is -2.44. The SMILES string of the molecule is CC(C)NC(=O)Nc1ccc(-c2nc(N3CCOC[C@@H]3C)cc(C3(S(=O)(=O)c4ccncc4)CC3)n2)cc1. The third-order valence-electron chi connectivity index (χ3n) is 6.84. The molecule has 0 unspecified atom stereocenters. The van der Waals surface area contributed by atoms with Crippen LogP contribution >= 0.6 is 0 Å². The number of amides is 2. The van der Waals surface area contributed by atoms with Gasteiger partial charge in [-0.05, 0) is 70.0 Å². The fourth-order valence-electron chi connectivity index (χ4n) is 4.66. The smallest absolute Gasteiger partial charge is 0.319 e. The predicted molar refractivity (Wildman–Crippen MR) is 145 cm³/mol. The topological polar surface area (TPSA) is 126 Å². The van der Waals surface area contributed by atoms with Crippen LogP contribution in [0.3, 0.4) is 0 Å². The first kappa shape index (κ1) is 26.1. The lowest BCUT2D eigenvalue weighted by Gasteiger charge is -2.34. The molecule has 2 aromatic heterocycles. The Kier molecular flexibility index (Phi) is 7.06. The summed E-state index contributed by atoms with van der Waals surface area (Å²) in [5.41, 5.74) is 1.84. The van der Waals surface area contributed by atoms with Crippen molar-refractivity contribution in [2.45, 2.75) is 55.3 Å². The van der Waals surface area contributed by atoms with Crippen molar-refractivity contribution in [3.8, 4) is 11.4 Å². The Bertz CT molecular complexity index is 1410. The van der Waals surface area contributed by atoms with E-state index >= 15 is 0 Å². The molecule has 1 saturated heterocycles. The zero-order valence-corrected chi connectivity index (χ0v) is 22.5. The number of urea groups is 1. The van der Waals surface area contributed by atoms with E-state index in [2.05, 4.69) is 27.4 Å². The number of pyridine rings is 1. The summed E-state index contributed by atoms with van der Waals surface area (Å²) < 4.78 is 32.1. The first-order chi connectivity index (χ1) is 18.2. The van der Waals surface area contributed by atoms with Crippen LogP contribution in [0, 0.1) is 0 Å². The fraction of sp³-hybridized carbons (Fsp3) is 0.407. The molecule has 0 spiro atoms. The Morgan fingerprint density at radius 1 is 1.11 bits per heavy atom. The van der Waals surface area contributed by atoms with Crippen molar-refractivity contribution in [1.82, 2.24) is 20.3 Å². The van der Waals surface area contributed by atoms with Gasteiger partial charge in [0.05, 0.1) is 29.8 Å². The van der Waals surface area contributed by atoms with Gasteiger partial charge in [-0.2, -0.15) is 0 Å². The molecule has 2 N–H and O–H groups in total. The molecule has 1 atom stereocenters. The molecule has 1 aliphatic heterocycles. The Balaban J connectivity index is 1.54. The van der Waals surface area contributed by atoms with Gasteiger partial charge in [-0.25, -0.2) is 23.2 Å². The number of sulfone groups is 1. The summed E-state index contributed by atoms with van der Waals surface area (Å²) in [6, 6.07) is 11.9. The standard InChI is InChI=1S/C27H32N6O4S/c1-18(2)29-26(34)30-21-6-4-20(5-7-21)25-31-23(16-24(32-25)33-14-15-37-17-19(33)3)27(10-11-27)38(35,36)22-8-12-28-13-9-22/h4-9,12-13,16,18-19H,10-11,14-15,17H2,1-3H3,(H2,29,30,34)/t19-/m0/s1. The summed E-state index contributed by atoms with van der Waals surface area (Å²) in [7, 11) is -3.70. The molecule has 2 fully saturated rings. The molecule has 200 valence electrons. The van der Waals surface area contributed by atoms with Crippen LogP contribution in [0.1, 0.15) is 39.3 Å². The second-order valence-electron chi connectivity index (χ2n) is 10.1. The van der Waals surface area contributed by atoms with E-state index < -0.39 is 14.6 Å². The number of carbonyl (C=O) groups is 1. The van der Waals surface area contributed by atoms with Crippen molar-refractivity contribution in [2.24, 2.45) is 0 Å². The minimum Gasteiger partial charge on any atom is -0.377 e. The van der Waals surface area contributed by atoms with Gasteiger partial charge in [0.15, 0.2) is 15.7 Å². The summed E-state index contributed by atoms with van der Waals surface area (Å²) >= 11 is 0. The van der Waals surface area contributed by atoms with Crippen LogP contribution in [0.2, 0.25) is 0 Å². The third-order valence-corrected chi connectivity index (χ3v) is 9.38. The zero-order valence-electron chi connectivity index (χ0n) is 21.7. The lowest BCUT2D eigenvalue weighted by molar-refractivity contribution is 0.0985. The Hall–Kier alpha value is -3.57. The Morgan fingerprint density at radius 2 is 1.82 bits per heavy atom. The Labute approximate surface area is 222 Å². The molecule has 0 radical (unpaired) electrons. The van der Waals surface area contributed by atoms with Crippen molar-refractivity contribution >= 4 is 27.4 Å². The van der Waals surface area contributed by atoms with Crippen LogP contribution in [-0.4, -0.2) is 61.2 Å². The predicted octanol–water partition coefficient (Wildman–Crippen LogP) is 3.76. The van der Waals surface area contributed by atoms with Crippen LogP contribution in [0.25, 0.3) is 11.4 Å². The van der Waals surface area contributed by atoms with Gasteiger partial charge in [0.25, 0.3) is 0 Å². The number of nitrogens with zero attached hydrogens (tertiary/aromatic N) is 4. The highest BCUT2D eigenvalue weighted by atomic mass is 32.2. The molecule has 1 aliphatic carbocycles. The molecular weight excluding hydrogens is 504 g/mol. The first-order valence-electron chi connectivity index (χ1n) is 12.8. The summed E-state index contributed by atoms with van der Waals surface area (Å²) in [5.74, 6) is 1.11. The van der Waals surface area contributed by atoms with E-state index in [0.717, 1.165) is 5.56 Å². The number of hydrogen-bond donors (Lipinski definition) is 2. The molecule has 11 heteroatoms. The van der Waals surface area contributed by atoms with E-state index in [-0.39, 0.29) is 23.0 Å². The van der Waals surface area contributed by atoms with Crippen molar-refractivity contribution in [3.63, 3.8) is 0 Å². The van der Waals surface area contributed by atoms with Crippen LogP contribution in [0.15, 0.2) is 59.8 Å². The van der Waals surface area contributed by atoms with Gasteiger partial charge in [-0.3, -0.25) is 4.98 Å². The molecule has 1 aromatic carbocycles. The Morgan fingerprint density at radius 3 is 2.45 bits per heavy atom. The molecule has 2 aliphatic rings. The van der Waals surface area contributed by atoms with E-state index in [9.17, 15) is 13.2 Å². The highest BCUT2D eigenvalue weighted by molar-refractivity contribution is 7.92. The highest BCUT2D eigenvalue weighted by Gasteiger charge is 2.58. The summed E-state index contributed by atoms with van der Waals surface area (Å²) in [6.07, 6.45) is 3.96. The number of hydrogen-bond acceptors (Lipinski definition) is 8. The maximum Gasteiger partial charge on any atom is 0.319 e. The fourth-order valence-corrected chi connectivity index (χ4v) is 6.61. The molecule has 3 aromatic rings. The summed E-state index contributed by atoms with van der Waals surface area (Å²) in [4.78, 5) is 28.1.